The maximum atomic E-state index is 12.9. The minimum absolute atomic E-state index is 0.0188. The van der Waals surface area contributed by atoms with Crippen LogP contribution in [0.4, 0.5) is 9.59 Å². The van der Waals surface area contributed by atoms with Crippen LogP contribution in [0.25, 0.3) is 0 Å². The van der Waals surface area contributed by atoms with Gasteiger partial charge in [-0.2, -0.15) is 5.06 Å². The van der Waals surface area contributed by atoms with Crippen LogP contribution in [0.2, 0.25) is 0 Å². The second-order valence-electron chi connectivity index (χ2n) is 9.76. The number of likely N-dealkylation sites (N-methyl/N-ethyl adjacent to an activating group) is 1. The Bertz CT molecular complexity index is 876. The number of benzene rings is 1. The fourth-order valence-corrected chi connectivity index (χ4v) is 3.98. The molecule has 3 rings (SSSR count). The number of urea groups is 1. The molecule has 0 aromatic heterocycles. The van der Waals surface area contributed by atoms with Crippen molar-refractivity contribution in [2.75, 3.05) is 33.9 Å². The summed E-state index contributed by atoms with van der Waals surface area (Å²) < 4.78 is 10.7. The number of carbonyl (C=O) groups is 3. The van der Waals surface area contributed by atoms with Gasteiger partial charge in [0.2, 0.25) is 0 Å². The number of nitrogens with one attached hydrogen (secondary N) is 1. The van der Waals surface area contributed by atoms with Crippen molar-refractivity contribution in [3.63, 3.8) is 0 Å². The average molecular weight is 493 g/mol. The predicted molar refractivity (Wildman–Crippen MR) is 126 cm³/mol. The van der Waals surface area contributed by atoms with E-state index in [1.54, 1.807) is 27.8 Å². The van der Waals surface area contributed by atoms with E-state index in [9.17, 15) is 14.4 Å². The first kappa shape index (κ1) is 26.7. The van der Waals surface area contributed by atoms with E-state index in [2.05, 4.69) is 5.48 Å². The van der Waals surface area contributed by atoms with Crippen molar-refractivity contribution in [1.29, 1.82) is 0 Å². The number of amides is 4. The first-order chi connectivity index (χ1) is 16.6. The molecular formula is C24H36N4O7. The summed E-state index contributed by atoms with van der Waals surface area (Å²) in [5, 5.41) is 1.38. The molecule has 1 aromatic rings. The van der Waals surface area contributed by atoms with Crippen molar-refractivity contribution in [2.24, 2.45) is 0 Å². The Morgan fingerprint density at radius 3 is 2.57 bits per heavy atom. The zero-order valence-electron chi connectivity index (χ0n) is 21.1. The molecular weight excluding hydrogens is 456 g/mol. The van der Waals surface area contributed by atoms with Gasteiger partial charge in [-0.1, -0.05) is 30.3 Å². The SMILES string of the molecule is COC(CONC(=O)C1CCC2CN1C(=O)N2OCc1ccccc1)CN(C)C(=O)OC(C)(C)C. The normalized spacial score (nSPS) is 20.5. The van der Waals surface area contributed by atoms with E-state index >= 15 is 0 Å². The van der Waals surface area contributed by atoms with Gasteiger partial charge in [-0.15, -0.1) is 0 Å². The summed E-state index contributed by atoms with van der Waals surface area (Å²) in [6.45, 7) is 6.31. The zero-order valence-corrected chi connectivity index (χ0v) is 21.1. The third-order valence-corrected chi connectivity index (χ3v) is 5.80. The molecule has 0 saturated carbocycles. The van der Waals surface area contributed by atoms with Crippen molar-refractivity contribution < 1.29 is 33.5 Å². The minimum atomic E-state index is -0.644. The zero-order chi connectivity index (χ0) is 25.6. The number of hydrogen-bond acceptors (Lipinski definition) is 7. The van der Waals surface area contributed by atoms with Gasteiger partial charge in [0.05, 0.1) is 12.6 Å². The largest absolute Gasteiger partial charge is 0.444 e. The summed E-state index contributed by atoms with van der Waals surface area (Å²) in [5.74, 6) is -0.406. The fraction of sp³-hybridized carbons (Fsp3) is 0.625. The summed E-state index contributed by atoms with van der Waals surface area (Å²) in [5.41, 5.74) is 2.78. The van der Waals surface area contributed by atoms with Crippen LogP contribution in [0, 0.1) is 0 Å². The molecule has 194 valence electrons. The molecule has 11 heteroatoms. The maximum absolute atomic E-state index is 12.9. The second-order valence-corrected chi connectivity index (χ2v) is 9.76. The van der Waals surface area contributed by atoms with Crippen LogP contribution in [0.5, 0.6) is 0 Å². The number of rotatable bonds is 10. The molecule has 3 unspecified atom stereocenters. The van der Waals surface area contributed by atoms with Crippen molar-refractivity contribution >= 4 is 18.0 Å². The maximum Gasteiger partial charge on any atom is 0.410 e. The van der Waals surface area contributed by atoms with Crippen LogP contribution in [-0.4, -0.2) is 90.5 Å². The first-order valence-electron chi connectivity index (χ1n) is 11.7. The highest BCUT2D eigenvalue weighted by Crippen LogP contribution is 2.30. The smallest absolute Gasteiger partial charge is 0.410 e. The molecule has 2 aliphatic heterocycles. The van der Waals surface area contributed by atoms with Gasteiger partial charge >= 0.3 is 12.1 Å². The van der Waals surface area contributed by atoms with E-state index in [4.69, 9.17) is 19.1 Å². The Kier molecular flexibility index (Phi) is 8.92. The quantitative estimate of drug-likeness (QED) is 0.499. The number of hydrogen-bond donors (Lipinski definition) is 1. The molecule has 35 heavy (non-hydrogen) atoms. The lowest BCUT2D eigenvalue weighted by Gasteiger charge is -2.29. The standard InChI is InChI=1S/C24H36N4O7/c1-24(2,3)35-23(31)26(4)14-19(32-5)16-33-25-21(29)20-12-11-18-13-27(20)22(30)28(18)34-15-17-9-7-6-8-10-17/h6-10,18-20H,11-16H2,1-5H3,(H,25,29). The van der Waals surface area contributed by atoms with Crippen molar-refractivity contribution in [1.82, 2.24) is 20.3 Å². The molecule has 2 heterocycles. The summed E-state index contributed by atoms with van der Waals surface area (Å²) >= 11 is 0. The molecule has 0 aliphatic carbocycles. The van der Waals surface area contributed by atoms with E-state index in [-0.39, 0.29) is 31.8 Å². The highest BCUT2D eigenvalue weighted by molar-refractivity contribution is 5.88. The van der Waals surface area contributed by atoms with Crippen LogP contribution >= 0.6 is 0 Å². The van der Waals surface area contributed by atoms with E-state index in [1.165, 1.54) is 22.0 Å². The summed E-state index contributed by atoms with van der Waals surface area (Å²) in [6.07, 6.45) is 0.188. The molecule has 3 atom stereocenters. The first-order valence-corrected chi connectivity index (χ1v) is 11.7. The topological polar surface area (TPSA) is 110 Å². The van der Waals surface area contributed by atoms with Crippen molar-refractivity contribution in [3.8, 4) is 0 Å². The molecule has 2 fully saturated rings. The highest BCUT2D eigenvalue weighted by atomic mass is 16.7. The lowest BCUT2D eigenvalue weighted by molar-refractivity contribution is -0.143. The minimum Gasteiger partial charge on any atom is -0.444 e. The van der Waals surface area contributed by atoms with Gasteiger partial charge < -0.3 is 19.3 Å². The Morgan fingerprint density at radius 1 is 1.20 bits per heavy atom. The number of methoxy groups -OCH3 is 1. The van der Waals surface area contributed by atoms with Gasteiger partial charge in [0.1, 0.15) is 31.0 Å². The number of nitrogens with zero attached hydrogens (tertiary/aromatic N) is 3. The molecule has 1 N–H and O–H groups in total. The summed E-state index contributed by atoms with van der Waals surface area (Å²) in [4.78, 5) is 51.8. The van der Waals surface area contributed by atoms with Crippen molar-refractivity contribution in [3.05, 3.63) is 35.9 Å². The highest BCUT2D eigenvalue weighted by Gasteiger charge is 2.48. The van der Waals surface area contributed by atoms with Gasteiger partial charge in [-0.3, -0.25) is 14.5 Å². The molecule has 1 aromatic carbocycles. The number of piperidine rings is 1. The molecule has 0 spiro atoms. The van der Waals surface area contributed by atoms with E-state index in [0.717, 1.165) is 5.56 Å². The summed E-state index contributed by atoms with van der Waals surface area (Å²) in [7, 11) is 3.09. The molecule has 2 aliphatic rings. The van der Waals surface area contributed by atoms with Gasteiger partial charge in [-0.05, 0) is 39.2 Å². The summed E-state index contributed by atoms with van der Waals surface area (Å²) in [6, 6.07) is 8.55. The van der Waals surface area contributed by atoms with Crippen LogP contribution in [0.15, 0.2) is 30.3 Å². The molecule has 2 bridgehead atoms. The molecule has 4 amide bonds. The Morgan fingerprint density at radius 2 is 1.91 bits per heavy atom. The Hall–Kier alpha value is -2.89. The third kappa shape index (κ3) is 7.30. The van der Waals surface area contributed by atoms with Crippen LogP contribution < -0.4 is 5.48 Å². The fourth-order valence-electron chi connectivity index (χ4n) is 3.98. The number of carbonyl (C=O) groups excluding carboxylic acids is 3. The Balaban J connectivity index is 1.44. The number of fused-ring (bicyclic) bond motifs is 2. The lowest BCUT2D eigenvalue weighted by atomic mass is 10.0. The molecule has 11 nitrogen and oxygen atoms in total. The van der Waals surface area contributed by atoms with Crippen LogP contribution in [0.1, 0.15) is 39.2 Å². The van der Waals surface area contributed by atoms with Gasteiger partial charge in [-0.25, -0.2) is 15.1 Å². The van der Waals surface area contributed by atoms with Gasteiger partial charge in [0.15, 0.2) is 0 Å². The van der Waals surface area contributed by atoms with Gasteiger partial charge in [0, 0.05) is 20.7 Å². The van der Waals surface area contributed by atoms with Crippen molar-refractivity contribution in [2.45, 2.75) is 64.0 Å². The predicted octanol–water partition coefficient (Wildman–Crippen LogP) is 2.32. The monoisotopic (exact) mass is 492 g/mol. The second kappa shape index (κ2) is 11.7. The van der Waals surface area contributed by atoms with E-state index in [0.29, 0.717) is 19.4 Å². The third-order valence-electron chi connectivity index (χ3n) is 5.80. The Labute approximate surface area is 206 Å². The molecule has 0 radical (unpaired) electrons. The van der Waals surface area contributed by atoms with E-state index in [1.807, 2.05) is 30.3 Å². The lowest BCUT2D eigenvalue weighted by Crippen LogP contribution is -2.50. The van der Waals surface area contributed by atoms with E-state index < -0.39 is 29.7 Å². The number of ether oxygens (including phenoxy) is 2. The molecule has 2 saturated heterocycles. The number of hydroxylamine groups is 3. The van der Waals surface area contributed by atoms with Crippen LogP contribution in [0.3, 0.4) is 0 Å². The average Bonchev–Trinajstić information content (AvgIpc) is 3.05. The van der Waals surface area contributed by atoms with Gasteiger partial charge in [0.25, 0.3) is 5.91 Å². The van der Waals surface area contributed by atoms with Crippen LogP contribution in [-0.2, 0) is 30.6 Å².